The Morgan fingerprint density at radius 2 is 1.97 bits per heavy atom. The molecule has 1 aromatic heterocycles. The van der Waals surface area contributed by atoms with Gasteiger partial charge in [-0.25, -0.2) is 0 Å². The highest BCUT2D eigenvalue weighted by Gasteiger charge is 2.20. The van der Waals surface area contributed by atoms with E-state index in [0.717, 1.165) is 78.9 Å². The highest BCUT2D eigenvalue weighted by Crippen LogP contribution is 2.38. The molecule has 1 unspecified atom stereocenters. The van der Waals surface area contributed by atoms with Crippen molar-refractivity contribution in [3.8, 4) is 5.75 Å². The quantitative estimate of drug-likeness (QED) is 0.453. The summed E-state index contributed by atoms with van der Waals surface area (Å²) in [5, 5.41) is 4.29. The number of hydrogen-bond acceptors (Lipinski definition) is 4. The zero-order valence-corrected chi connectivity index (χ0v) is 20.6. The maximum atomic E-state index is 12.7. The zero-order chi connectivity index (χ0) is 23.1. The van der Waals surface area contributed by atoms with Gasteiger partial charge < -0.3 is 19.4 Å². The van der Waals surface area contributed by atoms with Crippen LogP contribution in [0, 0.1) is 0 Å². The number of nitrogens with zero attached hydrogens (tertiary/aromatic N) is 1. The molecule has 5 heteroatoms. The van der Waals surface area contributed by atoms with Crippen LogP contribution in [0.1, 0.15) is 77.2 Å². The van der Waals surface area contributed by atoms with Crippen LogP contribution < -0.4 is 10.1 Å². The average Bonchev–Trinajstić information content (AvgIpc) is 3.13. The molecular weight excluding hydrogens is 400 g/mol. The monoisotopic (exact) mass is 440 g/mol. The van der Waals surface area contributed by atoms with Gasteiger partial charge in [0, 0.05) is 41.1 Å². The van der Waals surface area contributed by atoms with Gasteiger partial charge >= 0.3 is 0 Å². The fourth-order valence-corrected chi connectivity index (χ4v) is 4.66. The predicted molar refractivity (Wildman–Crippen MR) is 132 cm³/mol. The summed E-state index contributed by atoms with van der Waals surface area (Å²) in [6.07, 6.45) is 8.22. The third-order valence-electron chi connectivity index (χ3n) is 6.52. The third-order valence-corrected chi connectivity index (χ3v) is 6.52. The van der Waals surface area contributed by atoms with Crippen molar-refractivity contribution < 1.29 is 13.9 Å². The Kier molecular flexibility index (Phi) is 8.80. The van der Waals surface area contributed by atoms with Crippen molar-refractivity contribution in [1.82, 2.24) is 10.2 Å². The molecule has 2 aromatic rings. The van der Waals surface area contributed by atoms with E-state index in [4.69, 9.17) is 9.15 Å². The van der Waals surface area contributed by atoms with E-state index >= 15 is 0 Å². The number of fused-ring (bicyclic) bond motifs is 3. The highest BCUT2D eigenvalue weighted by molar-refractivity contribution is 5.97. The normalized spacial score (nSPS) is 15.1. The standard InChI is InChI=1S/C27H40N2O3/c1-6-29(7-2)15-11-12-20(5)28-27(30)16-19(4)22-17-23-21-13-9-10-14-24(21)32-26(23)18-25(22)31-8-3/h16-18,20H,6-15H2,1-5H3,(H,28,30)/b19-16+. The van der Waals surface area contributed by atoms with Gasteiger partial charge in [0.15, 0.2) is 0 Å². The lowest BCUT2D eigenvalue weighted by atomic mass is 9.94. The summed E-state index contributed by atoms with van der Waals surface area (Å²) in [7, 11) is 0. The fourth-order valence-electron chi connectivity index (χ4n) is 4.66. The van der Waals surface area contributed by atoms with Crippen LogP contribution >= 0.6 is 0 Å². The molecule has 0 saturated carbocycles. The van der Waals surface area contributed by atoms with Gasteiger partial charge in [-0.1, -0.05) is 13.8 Å². The summed E-state index contributed by atoms with van der Waals surface area (Å²) in [6, 6.07) is 4.30. The van der Waals surface area contributed by atoms with Gasteiger partial charge in [0.1, 0.15) is 17.1 Å². The molecule has 1 heterocycles. The van der Waals surface area contributed by atoms with Crippen molar-refractivity contribution in [2.45, 2.75) is 79.2 Å². The molecule has 5 nitrogen and oxygen atoms in total. The number of carbonyl (C=O) groups is 1. The number of carbonyl (C=O) groups excluding carboxylic acids is 1. The molecule has 32 heavy (non-hydrogen) atoms. The lowest BCUT2D eigenvalue weighted by Gasteiger charge is -2.19. The van der Waals surface area contributed by atoms with Crippen LogP contribution in [-0.2, 0) is 17.6 Å². The van der Waals surface area contributed by atoms with Crippen LogP contribution in [0.25, 0.3) is 16.5 Å². The number of rotatable bonds is 11. The second kappa shape index (κ2) is 11.6. The molecule has 1 aliphatic rings. The van der Waals surface area contributed by atoms with Crippen molar-refractivity contribution in [2.24, 2.45) is 0 Å². The Hall–Kier alpha value is -2.27. The van der Waals surface area contributed by atoms with E-state index in [9.17, 15) is 4.79 Å². The van der Waals surface area contributed by atoms with Gasteiger partial charge in [-0.2, -0.15) is 0 Å². The molecular formula is C27H40N2O3. The first-order valence-corrected chi connectivity index (χ1v) is 12.4. The number of aryl methyl sites for hydroxylation is 2. The number of benzene rings is 1. The van der Waals surface area contributed by atoms with Crippen molar-refractivity contribution in [2.75, 3.05) is 26.2 Å². The predicted octanol–water partition coefficient (Wildman–Crippen LogP) is 5.74. The number of furan rings is 1. The van der Waals surface area contributed by atoms with Crippen molar-refractivity contribution in [1.29, 1.82) is 0 Å². The summed E-state index contributed by atoms with van der Waals surface area (Å²) in [6.45, 7) is 14.2. The second-order valence-electron chi connectivity index (χ2n) is 8.89. The Balaban J connectivity index is 1.73. The molecule has 1 aliphatic carbocycles. The molecule has 1 amide bonds. The molecule has 0 fully saturated rings. The lowest BCUT2D eigenvalue weighted by molar-refractivity contribution is -0.117. The summed E-state index contributed by atoms with van der Waals surface area (Å²) < 4.78 is 12.1. The lowest BCUT2D eigenvalue weighted by Crippen LogP contribution is -2.32. The molecule has 0 bridgehead atoms. The smallest absolute Gasteiger partial charge is 0.244 e. The Labute approximate surface area is 193 Å². The number of allylic oxidation sites excluding steroid dienone is 1. The second-order valence-corrected chi connectivity index (χ2v) is 8.89. The van der Waals surface area contributed by atoms with Crippen LogP contribution in [0.5, 0.6) is 5.75 Å². The Morgan fingerprint density at radius 3 is 2.69 bits per heavy atom. The number of hydrogen-bond donors (Lipinski definition) is 1. The first kappa shape index (κ1) is 24.4. The molecule has 1 aromatic carbocycles. The van der Waals surface area contributed by atoms with Gasteiger partial charge in [-0.3, -0.25) is 4.79 Å². The zero-order valence-electron chi connectivity index (χ0n) is 20.6. The average molecular weight is 441 g/mol. The summed E-state index contributed by atoms with van der Waals surface area (Å²) in [5.41, 5.74) is 4.10. The molecule has 1 N–H and O–H groups in total. The number of amides is 1. The molecule has 1 atom stereocenters. The summed E-state index contributed by atoms with van der Waals surface area (Å²) in [4.78, 5) is 15.1. The van der Waals surface area contributed by atoms with E-state index in [1.54, 1.807) is 6.08 Å². The minimum absolute atomic E-state index is 0.0467. The van der Waals surface area contributed by atoms with E-state index in [0.29, 0.717) is 6.61 Å². The maximum absolute atomic E-state index is 12.7. The Morgan fingerprint density at radius 1 is 1.22 bits per heavy atom. The van der Waals surface area contributed by atoms with Crippen LogP contribution in [-0.4, -0.2) is 43.1 Å². The molecule has 0 aliphatic heterocycles. The number of ether oxygens (including phenoxy) is 1. The van der Waals surface area contributed by atoms with Gasteiger partial charge in [0.05, 0.1) is 6.61 Å². The van der Waals surface area contributed by atoms with E-state index in [1.165, 1.54) is 18.4 Å². The summed E-state index contributed by atoms with van der Waals surface area (Å²) >= 11 is 0. The van der Waals surface area contributed by atoms with Crippen molar-refractivity contribution >= 4 is 22.4 Å². The fraction of sp³-hybridized carbons (Fsp3) is 0.593. The molecule has 3 rings (SSSR count). The maximum Gasteiger partial charge on any atom is 0.244 e. The number of nitrogens with one attached hydrogen (secondary N) is 1. The largest absolute Gasteiger partial charge is 0.493 e. The first-order valence-electron chi connectivity index (χ1n) is 12.4. The minimum atomic E-state index is -0.0467. The summed E-state index contributed by atoms with van der Waals surface area (Å²) in [5.74, 6) is 1.85. The SMILES string of the molecule is CCOc1cc2oc3c(c2cc1/C(C)=C/C(=O)NC(C)CCCN(CC)CC)CCCC3. The van der Waals surface area contributed by atoms with Crippen molar-refractivity contribution in [3.05, 3.63) is 35.1 Å². The van der Waals surface area contributed by atoms with E-state index in [1.807, 2.05) is 19.9 Å². The first-order chi connectivity index (χ1) is 15.5. The van der Waals surface area contributed by atoms with Crippen LogP contribution in [0.2, 0.25) is 0 Å². The molecule has 0 radical (unpaired) electrons. The molecule has 0 spiro atoms. The van der Waals surface area contributed by atoms with Gasteiger partial charge in [-0.15, -0.1) is 0 Å². The van der Waals surface area contributed by atoms with E-state index < -0.39 is 0 Å². The van der Waals surface area contributed by atoms with Crippen LogP contribution in [0.15, 0.2) is 22.6 Å². The van der Waals surface area contributed by atoms with Gasteiger partial charge in [0.2, 0.25) is 5.91 Å². The minimum Gasteiger partial charge on any atom is -0.493 e. The van der Waals surface area contributed by atoms with Gasteiger partial charge in [0.25, 0.3) is 0 Å². The highest BCUT2D eigenvalue weighted by atomic mass is 16.5. The van der Waals surface area contributed by atoms with E-state index in [-0.39, 0.29) is 11.9 Å². The Bertz CT molecular complexity index is 940. The van der Waals surface area contributed by atoms with Gasteiger partial charge in [-0.05, 0) is 84.1 Å². The van der Waals surface area contributed by atoms with E-state index in [2.05, 4.69) is 37.1 Å². The van der Waals surface area contributed by atoms with Crippen LogP contribution in [0.3, 0.4) is 0 Å². The van der Waals surface area contributed by atoms with Crippen molar-refractivity contribution in [3.63, 3.8) is 0 Å². The topological polar surface area (TPSA) is 54.7 Å². The molecule has 176 valence electrons. The third kappa shape index (κ3) is 5.94. The van der Waals surface area contributed by atoms with Crippen LogP contribution in [0.4, 0.5) is 0 Å². The molecule has 0 saturated heterocycles.